The fraction of sp³-hybridized carbons (Fsp3) is 0.500. The zero-order valence-electron chi connectivity index (χ0n) is 10.5. The van der Waals surface area contributed by atoms with Gasteiger partial charge in [0.05, 0.1) is 0 Å². The first kappa shape index (κ1) is 12.4. The molecule has 1 aromatic carbocycles. The number of likely N-dealkylation sites (tertiary alicyclic amines) is 1. The Hall–Kier alpha value is -1.09. The topological polar surface area (TPSA) is 15.3 Å². The molecule has 1 aliphatic rings. The molecule has 1 N–H and O–H groups in total. The molecule has 1 fully saturated rings. The Morgan fingerprint density at radius 2 is 1.76 bits per heavy atom. The fourth-order valence-electron chi connectivity index (χ4n) is 2.53. The minimum atomic E-state index is 0.544. The molecule has 2 atom stereocenters. The number of thiocarbonyl (C=S) groups is 1. The lowest BCUT2D eigenvalue weighted by Gasteiger charge is -2.40. The van der Waals surface area contributed by atoms with Crippen molar-refractivity contribution in [3.63, 3.8) is 0 Å². The minimum Gasteiger partial charge on any atom is -0.344 e. The van der Waals surface area contributed by atoms with Crippen LogP contribution in [0.1, 0.15) is 33.1 Å². The van der Waals surface area contributed by atoms with Crippen molar-refractivity contribution in [3.8, 4) is 0 Å². The molecule has 1 saturated heterocycles. The Labute approximate surface area is 109 Å². The average Bonchev–Trinajstić information content (AvgIpc) is 2.30. The lowest BCUT2D eigenvalue weighted by molar-refractivity contribution is 0.194. The molecule has 0 radical (unpaired) electrons. The maximum atomic E-state index is 5.52. The molecule has 0 bridgehead atoms. The highest BCUT2D eigenvalue weighted by Gasteiger charge is 2.26. The van der Waals surface area contributed by atoms with E-state index in [1.165, 1.54) is 19.3 Å². The molecule has 1 aliphatic heterocycles. The van der Waals surface area contributed by atoms with E-state index in [4.69, 9.17) is 12.2 Å². The first-order valence-corrected chi connectivity index (χ1v) is 6.73. The second kappa shape index (κ2) is 5.50. The van der Waals surface area contributed by atoms with Gasteiger partial charge in [-0.3, -0.25) is 0 Å². The maximum absolute atomic E-state index is 5.52. The van der Waals surface area contributed by atoms with Gasteiger partial charge < -0.3 is 10.2 Å². The standard InChI is InChI=1S/C14H20N2S/c1-11-7-6-8-12(2)16(11)14(17)15-13-9-4-3-5-10-13/h3-5,9-12H,6-8H2,1-2H3,(H,15,17)/t11-,12-/m0/s1. The number of para-hydroxylation sites is 1. The highest BCUT2D eigenvalue weighted by molar-refractivity contribution is 7.80. The van der Waals surface area contributed by atoms with E-state index in [1.54, 1.807) is 0 Å². The molecule has 1 heterocycles. The van der Waals surface area contributed by atoms with Crippen molar-refractivity contribution < 1.29 is 0 Å². The van der Waals surface area contributed by atoms with Gasteiger partial charge in [-0.2, -0.15) is 0 Å². The number of rotatable bonds is 1. The van der Waals surface area contributed by atoms with E-state index >= 15 is 0 Å². The fourth-order valence-corrected chi connectivity index (χ4v) is 3.01. The number of hydrogen-bond acceptors (Lipinski definition) is 1. The number of anilines is 1. The van der Waals surface area contributed by atoms with Crippen LogP contribution in [0.25, 0.3) is 0 Å². The zero-order valence-corrected chi connectivity index (χ0v) is 11.3. The van der Waals surface area contributed by atoms with Crippen molar-refractivity contribution >= 4 is 23.0 Å². The molecule has 0 aromatic heterocycles. The summed E-state index contributed by atoms with van der Waals surface area (Å²) in [6, 6.07) is 11.2. The van der Waals surface area contributed by atoms with Crippen molar-refractivity contribution in [2.75, 3.05) is 5.32 Å². The molecule has 0 unspecified atom stereocenters. The van der Waals surface area contributed by atoms with Crippen LogP contribution in [0.5, 0.6) is 0 Å². The highest BCUT2D eigenvalue weighted by Crippen LogP contribution is 2.23. The normalized spacial score (nSPS) is 24.5. The van der Waals surface area contributed by atoms with Crippen LogP contribution in [-0.2, 0) is 0 Å². The average molecular weight is 248 g/mol. The number of hydrogen-bond donors (Lipinski definition) is 1. The van der Waals surface area contributed by atoms with E-state index in [-0.39, 0.29) is 0 Å². The molecule has 0 saturated carbocycles. The van der Waals surface area contributed by atoms with Gasteiger partial charge in [-0.1, -0.05) is 18.2 Å². The number of piperidine rings is 1. The molecular formula is C14H20N2S. The Morgan fingerprint density at radius 3 is 2.35 bits per heavy atom. The largest absolute Gasteiger partial charge is 0.344 e. The third kappa shape index (κ3) is 2.97. The Balaban J connectivity index is 2.04. The van der Waals surface area contributed by atoms with Crippen molar-refractivity contribution in [1.82, 2.24) is 4.90 Å². The second-order valence-electron chi connectivity index (χ2n) is 4.83. The summed E-state index contributed by atoms with van der Waals surface area (Å²) in [7, 11) is 0. The third-order valence-corrected chi connectivity index (χ3v) is 3.77. The van der Waals surface area contributed by atoms with Crippen LogP contribution in [-0.4, -0.2) is 22.1 Å². The summed E-state index contributed by atoms with van der Waals surface area (Å²) >= 11 is 5.52. The van der Waals surface area contributed by atoms with Gasteiger partial charge >= 0.3 is 0 Å². The van der Waals surface area contributed by atoms with Crippen LogP contribution in [0.4, 0.5) is 5.69 Å². The summed E-state index contributed by atoms with van der Waals surface area (Å²) in [6.45, 7) is 4.52. The quantitative estimate of drug-likeness (QED) is 0.764. The highest BCUT2D eigenvalue weighted by atomic mass is 32.1. The van der Waals surface area contributed by atoms with Crippen LogP contribution in [0, 0.1) is 0 Å². The predicted octanol–water partition coefficient (Wildman–Crippen LogP) is 3.65. The van der Waals surface area contributed by atoms with E-state index in [0.717, 1.165) is 10.8 Å². The first-order valence-electron chi connectivity index (χ1n) is 6.33. The number of benzene rings is 1. The predicted molar refractivity (Wildman–Crippen MR) is 77.3 cm³/mol. The van der Waals surface area contributed by atoms with Crippen LogP contribution in [0.15, 0.2) is 30.3 Å². The van der Waals surface area contributed by atoms with Crippen molar-refractivity contribution in [2.45, 2.75) is 45.2 Å². The van der Waals surface area contributed by atoms with Crippen LogP contribution in [0.2, 0.25) is 0 Å². The van der Waals surface area contributed by atoms with Gasteiger partial charge in [-0.25, -0.2) is 0 Å². The van der Waals surface area contributed by atoms with Crippen LogP contribution < -0.4 is 5.32 Å². The second-order valence-corrected chi connectivity index (χ2v) is 5.22. The van der Waals surface area contributed by atoms with Crippen LogP contribution >= 0.6 is 12.2 Å². The van der Waals surface area contributed by atoms with Crippen molar-refractivity contribution in [1.29, 1.82) is 0 Å². The molecule has 0 amide bonds. The number of nitrogens with zero attached hydrogens (tertiary/aromatic N) is 1. The van der Waals surface area contributed by atoms with Crippen LogP contribution in [0.3, 0.4) is 0 Å². The Bertz CT molecular complexity index is 367. The SMILES string of the molecule is C[C@H]1CCC[C@H](C)N1C(=S)Nc1ccccc1. The summed E-state index contributed by atoms with van der Waals surface area (Å²) in [5.74, 6) is 0. The zero-order chi connectivity index (χ0) is 12.3. The van der Waals surface area contributed by atoms with Gasteiger partial charge in [-0.05, 0) is 57.5 Å². The Kier molecular flexibility index (Phi) is 4.00. The molecule has 2 nitrogen and oxygen atoms in total. The molecule has 92 valence electrons. The van der Waals surface area contributed by atoms with E-state index < -0.39 is 0 Å². The van der Waals surface area contributed by atoms with Gasteiger partial charge in [0.15, 0.2) is 5.11 Å². The van der Waals surface area contributed by atoms with Gasteiger partial charge in [-0.15, -0.1) is 0 Å². The smallest absolute Gasteiger partial charge is 0.173 e. The van der Waals surface area contributed by atoms with Gasteiger partial charge in [0.1, 0.15) is 0 Å². The molecular weight excluding hydrogens is 228 g/mol. The summed E-state index contributed by atoms with van der Waals surface area (Å²) < 4.78 is 0. The lowest BCUT2D eigenvalue weighted by Crippen LogP contribution is -2.49. The number of nitrogens with one attached hydrogen (secondary N) is 1. The maximum Gasteiger partial charge on any atom is 0.173 e. The van der Waals surface area contributed by atoms with E-state index in [0.29, 0.717) is 12.1 Å². The molecule has 17 heavy (non-hydrogen) atoms. The molecule has 3 heteroatoms. The molecule has 2 rings (SSSR count). The molecule has 1 aromatic rings. The van der Waals surface area contributed by atoms with Gasteiger partial charge in [0.25, 0.3) is 0 Å². The third-order valence-electron chi connectivity index (χ3n) is 3.45. The van der Waals surface area contributed by atoms with Gasteiger partial charge in [0.2, 0.25) is 0 Å². The summed E-state index contributed by atoms with van der Waals surface area (Å²) in [5.41, 5.74) is 1.07. The Morgan fingerprint density at radius 1 is 1.18 bits per heavy atom. The van der Waals surface area contributed by atoms with E-state index in [1.807, 2.05) is 30.3 Å². The molecule has 0 aliphatic carbocycles. The molecule has 0 spiro atoms. The minimum absolute atomic E-state index is 0.544. The summed E-state index contributed by atoms with van der Waals surface area (Å²) in [4.78, 5) is 2.34. The lowest BCUT2D eigenvalue weighted by atomic mass is 9.98. The van der Waals surface area contributed by atoms with E-state index in [9.17, 15) is 0 Å². The van der Waals surface area contributed by atoms with Crippen molar-refractivity contribution in [2.24, 2.45) is 0 Å². The monoisotopic (exact) mass is 248 g/mol. The first-order chi connectivity index (χ1) is 8.18. The summed E-state index contributed by atoms with van der Waals surface area (Å²) in [6.07, 6.45) is 3.79. The van der Waals surface area contributed by atoms with Gasteiger partial charge in [0, 0.05) is 17.8 Å². The van der Waals surface area contributed by atoms with E-state index in [2.05, 4.69) is 24.1 Å². The summed E-state index contributed by atoms with van der Waals surface area (Å²) in [5, 5.41) is 4.19. The van der Waals surface area contributed by atoms with Crippen molar-refractivity contribution in [3.05, 3.63) is 30.3 Å².